The average molecular weight is 271 g/mol. The Labute approximate surface area is 120 Å². The third-order valence-corrected chi connectivity index (χ3v) is 3.12. The van der Waals surface area contributed by atoms with Gasteiger partial charge in [0.2, 0.25) is 0 Å². The number of hydrogen-bond acceptors (Lipinski definition) is 4. The first-order chi connectivity index (χ1) is 9.80. The molecule has 4 nitrogen and oxygen atoms in total. The van der Waals surface area contributed by atoms with Crippen molar-refractivity contribution in [3.05, 3.63) is 36.2 Å². The average Bonchev–Trinajstić information content (AvgIpc) is 2.48. The van der Waals surface area contributed by atoms with E-state index in [-0.39, 0.29) is 0 Å². The van der Waals surface area contributed by atoms with Gasteiger partial charge in [-0.15, -0.1) is 0 Å². The summed E-state index contributed by atoms with van der Waals surface area (Å²) in [5.74, 6) is 1.43. The van der Waals surface area contributed by atoms with Crippen LogP contribution in [0.2, 0.25) is 0 Å². The summed E-state index contributed by atoms with van der Waals surface area (Å²) in [4.78, 5) is 8.59. The first-order valence-electron chi connectivity index (χ1n) is 7.02. The molecule has 0 saturated carbocycles. The molecule has 1 N–H and O–H groups in total. The van der Waals surface area contributed by atoms with Crippen molar-refractivity contribution in [1.82, 2.24) is 9.97 Å². The lowest BCUT2D eigenvalue weighted by Gasteiger charge is -2.12. The Balaban J connectivity index is 2.38. The molecule has 4 heteroatoms. The molecule has 0 aliphatic rings. The Kier molecular flexibility index (Phi) is 4.93. The van der Waals surface area contributed by atoms with Gasteiger partial charge in [0.1, 0.15) is 12.0 Å². The molecule has 0 saturated heterocycles. The Morgan fingerprint density at radius 3 is 2.45 bits per heavy atom. The number of benzene rings is 1. The molecule has 106 valence electrons. The molecule has 0 atom stereocenters. The summed E-state index contributed by atoms with van der Waals surface area (Å²) in [6.45, 7) is 5.01. The number of nitrogens with zero attached hydrogens (tertiary/aromatic N) is 2. The summed E-state index contributed by atoms with van der Waals surface area (Å²) >= 11 is 0. The molecule has 1 aromatic carbocycles. The van der Waals surface area contributed by atoms with Crippen LogP contribution in [0.5, 0.6) is 5.75 Å². The number of hydrogen-bond donors (Lipinski definition) is 1. The fourth-order valence-corrected chi connectivity index (χ4v) is 2.18. The highest BCUT2D eigenvalue weighted by molar-refractivity contribution is 5.72. The lowest BCUT2D eigenvalue weighted by molar-refractivity contribution is 0.414. The van der Waals surface area contributed by atoms with Crippen molar-refractivity contribution in [3.63, 3.8) is 0 Å². The van der Waals surface area contributed by atoms with E-state index < -0.39 is 0 Å². The van der Waals surface area contributed by atoms with Crippen LogP contribution in [0.4, 0.5) is 5.82 Å². The molecule has 0 amide bonds. The van der Waals surface area contributed by atoms with Crippen LogP contribution in [-0.2, 0) is 6.42 Å². The molecule has 0 aliphatic heterocycles. The number of aromatic nitrogens is 2. The zero-order valence-corrected chi connectivity index (χ0v) is 12.3. The molecule has 2 aromatic rings. The van der Waals surface area contributed by atoms with Crippen LogP contribution in [0, 0.1) is 0 Å². The van der Waals surface area contributed by atoms with Gasteiger partial charge in [-0.1, -0.05) is 37.6 Å². The molecule has 1 heterocycles. The van der Waals surface area contributed by atoms with E-state index in [0.717, 1.165) is 36.5 Å². The third-order valence-electron chi connectivity index (χ3n) is 3.12. The predicted octanol–water partition coefficient (Wildman–Crippen LogP) is 3.54. The van der Waals surface area contributed by atoms with E-state index in [1.807, 2.05) is 6.92 Å². The largest absolute Gasteiger partial charge is 0.491 e. The van der Waals surface area contributed by atoms with Crippen LogP contribution in [-0.4, -0.2) is 23.6 Å². The summed E-state index contributed by atoms with van der Waals surface area (Å²) < 4.78 is 5.47. The molecule has 20 heavy (non-hydrogen) atoms. The highest BCUT2D eigenvalue weighted by Gasteiger charge is 2.13. The summed E-state index contributed by atoms with van der Waals surface area (Å²) in [5, 5.41) is 3.19. The van der Waals surface area contributed by atoms with Crippen molar-refractivity contribution in [2.24, 2.45) is 0 Å². The molecule has 1 aromatic heterocycles. The van der Waals surface area contributed by atoms with Gasteiger partial charge in [0, 0.05) is 12.1 Å². The fourth-order valence-electron chi connectivity index (χ4n) is 2.18. The maximum absolute atomic E-state index is 5.47. The van der Waals surface area contributed by atoms with Crippen LogP contribution < -0.4 is 10.1 Å². The van der Waals surface area contributed by atoms with Crippen LogP contribution >= 0.6 is 0 Å². The number of methoxy groups -OCH3 is 1. The van der Waals surface area contributed by atoms with E-state index in [1.165, 1.54) is 5.56 Å². The van der Waals surface area contributed by atoms with Crippen LogP contribution in [0.3, 0.4) is 0 Å². The maximum atomic E-state index is 5.47. The summed E-state index contributed by atoms with van der Waals surface area (Å²) in [5.41, 5.74) is 3.21. The summed E-state index contributed by atoms with van der Waals surface area (Å²) in [7, 11) is 1.65. The van der Waals surface area contributed by atoms with Gasteiger partial charge >= 0.3 is 0 Å². The second kappa shape index (κ2) is 6.89. The minimum absolute atomic E-state index is 0.692. The normalized spacial score (nSPS) is 10.3. The highest BCUT2D eigenvalue weighted by atomic mass is 16.5. The van der Waals surface area contributed by atoms with E-state index in [2.05, 4.69) is 46.5 Å². The van der Waals surface area contributed by atoms with Gasteiger partial charge < -0.3 is 10.1 Å². The van der Waals surface area contributed by atoms with Gasteiger partial charge in [-0.2, -0.15) is 0 Å². The van der Waals surface area contributed by atoms with Crippen molar-refractivity contribution in [3.8, 4) is 17.0 Å². The highest BCUT2D eigenvalue weighted by Crippen LogP contribution is 2.32. The van der Waals surface area contributed by atoms with Gasteiger partial charge in [-0.05, 0) is 18.9 Å². The molecule has 0 bridgehead atoms. The van der Waals surface area contributed by atoms with Crippen LogP contribution in [0.1, 0.15) is 25.8 Å². The van der Waals surface area contributed by atoms with Crippen molar-refractivity contribution in [1.29, 1.82) is 0 Å². The minimum Gasteiger partial charge on any atom is -0.491 e. The SMILES string of the molecule is CCCc1ccc(-c2ncnc(NCC)c2OC)cc1. The molecule has 0 aliphatic carbocycles. The minimum atomic E-state index is 0.692. The zero-order chi connectivity index (χ0) is 14.4. The Hall–Kier alpha value is -2.10. The second-order valence-electron chi connectivity index (χ2n) is 4.58. The topological polar surface area (TPSA) is 47.0 Å². The number of aryl methyl sites for hydroxylation is 1. The van der Waals surface area contributed by atoms with E-state index in [9.17, 15) is 0 Å². The molecule has 0 spiro atoms. The zero-order valence-electron chi connectivity index (χ0n) is 12.3. The molecule has 0 unspecified atom stereocenters. The van der Waals surface area contributed by atoms with Crippen molar-refractivity contribution in [2.45, 2.75) is 26.7 Å². The van der Waals surface area contributed by atoms with E-state index in [1.54, 1.807) is 13.4 Å². The van der Waals surface area contributed by atoms with Gasteiger partial charge in [-0.3, -0.25) is 0 Å². The summed E-state index contributed by atoms with van der Waals surface area (Å²) in [6, 6.07) is 8.47. The first-order valence-corrected chi connectivity index (χ1v) is 7.02. The predicted molar refractivity (Wildman–Crippen MR) is 82.2 cm³/mol. The number of anilines is 1. The fraction of sp³-hybridized carbons (Fsp3) is 0.375. The first kappa shape index (κ1) is 14.3. The lowest BCUT2D eigenvalue weighted by Crippen LogP contribution is -2.04. The quantitative estimate of drug-likeness (QED) is 0.873. The van der Waals surface area contributed by atoms with Gasteiger partial charge in [0.25, 0.3) is 0 Å². The lowest BCUT2D eigenvalue weighted by atomic mass is 10.1. The second-order valence-corrected chi connectivity index (χ2v) is 4.58. The van der Waals surface area contributed by atoms with Crippen LogP contribution in [0.15, 0.2) is 30.6 Å². The molecule has 2 rings (SSSR count). The summed E-state index contributed by atoms with van der Waals surface area (Å²) in [6.07, 6.45) is 3.82. The van der Waals surface area contributed by atoms with E-state index >= 15 is 0 Å². The van der Waals surface area contributed by atoms with E-state index in [0.29, 0.717) is 5.75 Å². The number of nitrogens with one attached hydrogen (secondary N) is 1. The molecular weight excluding hydrogens is 250 g/mol. The smallest absolute Gasteiger partial charge is 0.187 e. The molecule has 0 radical (unpaired) electrons. The van der Waals surface area contributed by atoms with Gasteiger partial charge in [0.15, 0.2) is 11.6 Å². The van der Waals surface area contributed by atoms with Gasteiger partial charge in [0.05, 0.1) is 7.11 Å². The standard InChI is InChI=1S/C16H21N3O/c1-4-6-12-7-9-13(10-8-12)14-15(20-3)16(17-5-2)19-11-18-14/h7-11H,4-6H2,1-3H3,(H,17,18,19). The number of rotatable bonds is 6. The molecular formula is C16H21N3O. The van der Waals surface area contributed by atoms with Crippen LogP contribution in [0.25, 0.3) is 11.3 Å². The number of ether oxygens (including phenoxy) is 1. The van der Waals surface area contributed by atoms with Crippen molar-refractivity contribution in [2.75, 3.05) is 19.0 Å². The maximum Gasteiger partial charge on any atom is 0.187 e. The monoisotopic (exact) mass is 271 g/mol. The van der Waals surface area contributed by atoms with Crippen molar-refractivity contribution < 1.29 is 4.74 Å². The van der Waals surface area contributed by atoms with Gasteiger partial charge in [-0.25, -0.2) is 9.97 Å². The Bertz CT molecular complexity index is 552. The van der Waals surface area contributed by atoms with E-state index in [4.69, 9.17) is 4.74 Å². The Morgan fingerprint density at radius 1 is 1.10 bits per heavy atom. The third kappa shape index (κ3) is 3.07. The van der Waals surface area contributed by atoms with Crippen molar-refractivity contribution >= 4 is 5.82 Å². The Morgan fingerprint density at radius 2 is 1.85 bits per heavy atom. The molecule has 0 fully saturated rings.